The maximum Gasteiger partial charge on any atom is 0.272 e. The largest absolute Gasteiger partial charge is 0.386 e. The second-order valence-corrected chi connectivity index (χ2v) is 5.40. The molecule has 0 spiro atoms. The molecule has 20 heavy (non-hydrogen) atoms. The molecular formula is C16H20N2O2. The smallest absolute Gasteiger partial charge is 0.272 e. The van der Waals surface area contributed by atoms with E-state index in [0.29, 0.717) is 17.8 Å². The minimum Gasteiger partial charge on any atom is -0.386 e. The van der Waals surface area contributed by atoms with Crippen molar-refractivity contribution in [1.29, 1.82) is 0 Å². The highest BCUT2D eigenvalue weighted by molar-refractivity contribution is 5.59. The van der Waals surface area contributed by atoms with Gasteiger partial charge in [0.15, 0.2) is 0 Å². The van der Waals surface area contributed by atoms with E-state index in [9.17, 15) is 9.90 Å². The molecule has 1 aromatic heterocycles. The van der Waals surface area contributed by atoms with Crippen LogP contribution in [0, 0.1) is 0 Å². The van der Waals surface area contributed by atoms with Gasteiger partial charge < -0.3 is 5.11 Å². The summed E-state index contributed by atoms with van der Waals surface area (Å²) in [7, 11) is 0. The molecule has 0 fully saturated rings. The predicted octanol–water partition coefficient (Wildman–Crippen LogP) is 2.55. The zero-order valence-corrected chi connectivity index (χ0v) is 12.1. The molecule has 0 amide bonds. The minimum absolute atomic E-state index is 0.223. The summed E-state index contributed by atoms with van der Waals surface area (Å²) in [5, 5.41) is 14.6. The van der Waals surface area contributed by atoms with Crippen molar-refractivity contribution in [2.75, 3.05) is 0 Å². The van der Waals surface area contributed by atoms with Crippen LogP contribution in [-0.2, 0) is 12.1 Å². The van der Waals surface area contributed by atoms with Gasteiger partial charge in [0.25, 0.3) is 5.56 Å². The van der Waals surface area contributed by atoms with Crippen LogP contribution in [0.3, 0.4) is 0 Å². The molecule has 0 radical (unpaired) electrons. The molecule has 0 aliphatic heterocycles. The third-order valence-electron chi connectivity index (χ3n) is 3.14. The van der Waals surface area contributed by atoms with E-state index in [2.05, 4.69) is 5.10 Å². The molecule has 2 aromatic rings. The van der Waals surface area contributed by atoms with Crippen LogP contribution in [0.2, 0.25) is 0 Å². The van der Waals surface area contributed by atoms with Gasteiger partial charge in [0.1, 0.15) is 0 Å². The van der Waals surface area contributed by atoms with Crippen LogP contribution in [0.4, 0.5) is 0 Å². The van der Waals surface area contributed by atoms with Crippen molar-refractivity contribution in [3.63, 3.8) is 0 Å². The minimum atomic E-state index is -1.18. The number of aryl methyl sites for hydroxylation is 1. The first-order valence-corrected chi connectivity index (χ1v) is 6.84. The fraction of sp³-hybridized carbons (Fsp3) is 0.375. The second kappa shape index (κ2) is 5.59. The lowest BCUT2D eigenvalue weighted by Crippen LogP contribution is -2.33. The third-order valence-corrected chi connectivity index (χ3v) is 3.14. The Labute approximate surface area is 118 Å². The van der Waals surface area contributed by atoms with Gasteiger partial charge in [0, 0.05) is 12.1 Å². The van der Waals surface area contributed by atoms with Crippen molar-refractivity contribution >= 4 is 0 Å². The number of rotatable bonds is 4. The SMILES string of the molecule is CCCn1nc(-c2ccccc2)cc(C(C)(C)O)c1=O. The summed E-state index contributed by atoms with van der Waals surface area (Å²) in [5.41, 5.74) is 0.608. The summed E-state index contributed by atoms with van der Waals surface area (Å²) < 4.78 is 1.44. The summed E-state index contributed by atoms with van der Waals surface area (Å²) >= 11 is 0. The number of nitrogens with zero attached hydrogens (tertiary/aromatic N) is 2. The van der Waals surface area contributed by atoms with E-state index in [0.717, 1.165) is 12.0 Å². The highest BCUT2D eigenvalue weighted by Crippen LogP contribution is 2.21. The van der Waals surface area contributed by atoms with Gasteiger partial charge in [-0.05, 0) is 26.3 Å². The lowest BCUT2D eigenvalue weighted by molar-refractivity contribution is 0.0761. The Morgan fingerprint density at radius 3 is 2.45 bits per heavy atom. The Balaban J connectivity index is 2.65. The second-order valence-electron chi connectivity index (χ2n) is 5.40. The van der Waals surface area contributed by atoms with Crippen molar-refractivity contribution < 1.29 is 5.11 Å². The molecule has 2 rings (SSSR count). The monoisotopic (exact) mass is 272 g/mol. The quantitative estimate of drug-likeness (QED) is 0.930. The molecule has 0 unspecified atom stereocenters. The van der Waals surface area contributed by atoms with Gasteiger partial charge in [-0.15, -0.1) is 0 Å². The number of aromatic nitrogens is 2. The number of hydrogen-bond donors (Lipinski definition) is 1. The van der Waals surface area contributed by atoms with E-state index in [1.165, 1.54) is 4.68 Å². The Hall–Kier alpha value is -1.94. The molecule has 1 N–H and O–H groups in total. The molecule has 0 atom stereocenters. The molecule has 0 aliphatic rings. The summed E-state index contributed by atoms with van der Waals surface area (Å²) in [4.78, 5) is 12.3. The number of aliphatic hydroxyl groups is 1. The Bertz CT molecular complexity index is 640. The van der Waals surface area contributed by atoms with Crippen molar-refractivity contribution in [3.8, 4) is 11.3 Å². The Morgan fingerprint density at radius 2 is 1.90 bits per heavy atom. The predicted molar refractivity (Wildman–Crippen MR) is 79.5 cm³/mol. The molecule has 0 aliphatic carbocycles. The first-order valence-electron chi connectivity index (χ1n) is 6.84. The van der Waals surface area contributed by atoms with E-state index < -0.39 is 5.60 Å². The third kappa shape index (κ3) is 2.96. The lowest BCUT2D eigenvalue weighted by Gasteiger charge is -2.19. The fourth-order valence-corrected chi connectivity index (χ4v) is 2.09. The molecule has 0 bridgehead atoms. The zero-order valence-electron chi connectivity index (χ0n) is 12.1. The van der Waals surface area contributed by atoms with E-state index in [1.54, 1.807) is 19.9 Å². The first-order chi connectivity index (χ1) is 9.43. The zero-order chi connectivity index (χ0) is 14.8. The van der Waals surface area contributed by atoms with Gasteiger partial charge in [0.05, 0.1) is 16.9 Å². The van der Waals surface area contributed by atoms with Crippen LogP contribution in [-0.4, -0.2) is 14.9 Å². The molecular weight excluding hydrogens is 252 g/mol. The maximum absolute atomic E-state index is 12.3. The number of benzene rings is 1. The molecule has 1 heterocycles. The van der Waals surface area contributed by atoms with Gasteiger partial charge in [-0.1, -0.05) is 37.3 Å². The van der Waals surface area contributed by atoms with Crippen LogP contribution in [0.15, 0.2) is 41.2 Å². The van der Waals surface area contributed by atoms with Crippen LogP contribution >= 0.6 is 0 Å². The van der Waals surface area contributed by atoms with Gasteiger partial charge in [-0.2, -0.15) is 5.10 Å². The van der Waals surface area contributed by atoms with Crippen molar-refractivity contribution in [1.82, 2.24) is 9.78 Å². The maximum atomic E-state index is 12.3. The average Bonchev–Trinajstić information content (AvgIpc) is 2.41. The van der Waals surface area contributed by atoms with Gasteiger partial charge in [-0.25, -0.2) is 4.68 Å². The summed E-state index contributed by atoms with van der Waals surface area (Å²) in [6, 6.07) is 11.4. The van der Waals surface area contributed by atoms with Gasteiger partial charge in [-0.3, -0.25) is 4.79 Å². The first kappa shape index (κ1) is 14.5. The van der Waals surface area contributed by atoms with Crippen molar-refractivity contribution in [3.05, 3.63) is 52.3 Å². The van der Waals surface area contributed by atoms with Gasteiger partial charge >= 0.3 is 0 Å². The highest BCUT2D eigenvalue weighted by Gasteiger charge is 2.23. The van der Waals surface area contributed by atoms with E-state index in [1.807, 2.05) is 37.3 Å². The number of hydrogen-bond acceptors (Lipinski definition) is 3. The topological polar surface area (TPSA) is 55.1 Å². The highest BCUT2D eigenvalue weighted by atomic mass is 16.3. The van der Waals surface area contributed by atoms with E-state index in [-0.39, 0.29) is 5.56 Å². The van der Waals surface area contributed by atoms with Gasteiger partial charge in [0.2, 0.25) is 0 Å². The molecule has 0 saturated heterocycles. The van der Waals surface area contributed by atoms with Crippen molar-refractivity contribution in [2.45, 2.75) is 39.3 Å². The van der Waals surface area contributed by atoms with Crippen LogP contribution < -0.4 is 5.56 Å². The molecule has 1 aromatic carbocycles. The molecule has 4 heteroatoms. The molecule has 106 valence electrons. The van der Waals surface area contributed by atoms with Crippen LogP contribution in [0.1, 0.15) is 32.8 Å². The van der Waals surface area contributed by atoms with E-state index >= 15 is 0 Å². The Kier molecular flexibility index (Phi) is 4.04. The fourth-order valence-electron chi connectivity index (χ4n) is 2.09. The lowest BCUT2D eigenvalue weighted by atomic mass is 9.98. The Morgan fingerprint density at radius 1 is 1.25 bits per heavy atom. The molecule has 4 nitrogen and oxygen atoms in total. The van der Waals surface area contributed by atoms with Crippen molar-refractivity contribution in [2.24, 2.45) is 0 Å². The normalized spacial score (nSPS) is 11.6. The standard InChI is InChI=1S/C16H20N2O2/c1-4-10-18-15(19)13(16(2,3)20)11-14(17-18)12-8-6-5-7-9-12/h5-9,11,20H,4,10H2,1-3H3. The molecule has 0 saturated carbocycles. The summed E-state index contributed by atoms with van der Waals surface area (Å²) in [6.45, 7) is 5.78. The average molecular weight is 272 g/mol. The van der Waals surface area contributed by atoms with Crippen LogP contribution in [0.5, 0.6) is 0 Å². The summed E-state index contributed by atoms with van der Waals surface area (Å²) in [5.74, 6) is 0. The summed E-state index contributed by atoms with van der Waals surface area (Å²) in [6.07, 6.45) is 0.816. The van der Waals surface area contributed by atoms with E-state index in [4.69, 9.17) is 0 Å². The van der Waals surface area contributed by atoms with Crippen LogP contribution in [0.25, 0.3) is 11.3 Å².